The van der Waals surface area contributed by atoms with E-state index in [1.807, 2.05) is 0 Å². The lowest BCUT2D eigenvalue weighted by Gasteiger charge is -2.14. The van der Waals surface area contributed by atoms with Crippen LogP contribution in [0, 0.1) is 32.0 Å². The van der Waals surface area contributed by atoms with Crippen LogP contribution in [0.2, 0.25) is 0 Å². The molecular formula is C16H26O2. The van der Waals surface area contributed by atoms with Gasteiger partial charge in [0.05, 0.1) is 6.10 Å². The monoisotopic (exact) mass is 250 g/mol. The zero-order valence-corrected chi connectivity index (χ0v) is 11.9. The van der Waals surface area contributed by atoms with Gasteiger partial charge in [-0.25, -0.2) is 0 Å². The van der Waals surface area contributed by atoms with Gasteiger partial charge < -0.3 is 9.47 Å². The first-order chi connectivity index (χ1) is 8.63. The molecule has 18 heavy (non-hydrogen) atoms. The van der Waals surface area contributed by atoms with Crippen molar-refractivity contribution < 1.29 is 9.47 Å². The first-order valence-electron chi connectivity index (χ1n) is 6.83. The summed E-state index contributed by atoms with van der Waals surface area (Å²) < 4.78 is 9.75. The van der Waals surface area contributed by atoms with Crippen molar-refractivity contribution in [3.63, 3.8) is 0 Å². The molecule has 0 saturated carbocycles. The van der Waals surface area contributed by atoms with E-state index in [9.17, 15) is 0 Å². The Morgan fingerprint density at radius 2 is 1.83 bits per heavy atom. The summed E-state index contributed by atoms with van der Waals surface area (Å²) in [7, 11) is 10.5. The van der Waals surface area contributed by atoms with E-state index in [1.54, 1.807) is 0 Å². The Morgan fingerprint density at radius 3 is 2.33 bits per heavy atom. The van der Waals surface area contributed by atoms with E-state index in [1.165, 1.54) is 12.8 Å². The smallest absolute Gasteiger partial charge is 0.118 e. The molecule has 0 aliphatic heterocycles. The maximum absolute atomic E-state index is 5.24. The molecule has 102 valence electrons. The van der Waals surface area contributed by atoms with Crippen molar-refractivity contribution in [2.45, 2.75) is 71.5 Å². The lowest BCUT2D eigenvalue weighted by Crippen LogP contribution is -2.12. The van der Waals surface area contributed by atoms with Gasteiger partial charge in [-0.05, 0) is 25.2 Å². The molecule has 2 heteroatoms. The summed E-state index contributed by atoms with van der Waals surface area (Å²) in [6, 6.07) is 0. The second-order valence-electron chi connectivity index (χ2n) is 5.03. The quantitative estimate of drug-likeness (QED) is 0.453. The molecule has 0 N–H and O–H groups in total. The molecule has 0 aromatic carbocycles. The zero-order valence-electron chi connectivity index (χ0n) is 11.9. The van der Waals surface area contributed by atoms with Crippen molar-refractivity contribution in [3.8, 4) is 11.8 Å². The lowest BCUT2D eigenvalue weighted by molar-refractivity contribution is 0.121. The van der Waals surface area contributed by atoms with Crippen LogP contribution in [0.1, 0.15) is 59.3 Å². The van der Waals surface area contributed by atoms with E-state index >= 15 is 0 Å². The molecular weight excluding hydrogens is 224 g/mol. The first kappa shape index (κ1) is 17.5. The summed E-state index contributed by atoms with van der Waals surface area (Å²) >= 11 is 0. The van der Waals surface area contributed by atoms with Crippen LogP contribution in [0.25, 0.3) is 0 Å². The highest BCUT2D eigenvalue weighted by atomic mass is 16.5. The van der Waals surface area contributed by atoms with E-state index in [4.69, 9.17) is 23.7 Å². The normalized spacial score (nSPS) is 14.1. The van der Waals surface area contributed by atoms with Crippen LogP contribution < -0.4 is 0 Å². The van der Waals surface area contributed by atoms with Gasteiger partial charge in [0.25, 0.3) is 0 Å². The minimum Gasteiger partial charge on any atom is -0.368 e. The Bertz CT molecular complexity index is 237. The van der Waals surface area contributed by atoms with Gasteiger partial charge in [-0.15, -0.1) is 0 Å². The van der Waals surface area contributed by atoms with E-state index < -0.39 is 0 Å². The first-order valence-corrected chi connectivity index (χ1v) is 6.83. The SMILES string of the molecule is [CH]OC(C#CCC(CC(C)C)O[CH])CCCCC. The lowest BCUT2D eigenvalue weighted by atomic mass is 10.0. The fourth-order valence-corrected chi connectivity index (χ4v) is 1.75. The predicted octanol–water partition coefficient (Wildman–Crippen LogP) is 4.11. The molecule has 0 rings (SSSR count). The van der Waals surface area contributed by atoms with Gasteiger partial charge in [-0.3, -0.25) is 0 Å². The second-order valence-corrected chi connectivity index (χ2v) is 5.03. The van der Waals surface area contributed by atoms with E-state index in [2.05, 4.69) is 32.6 Å². The van der Waals surface area contributed by atoms with Crippen molar-refractivity contribution >= 4 is 0 Å². The number of rotatable bonds is 9. The van der Waals surface area contributed by atoms with Gasteiger partial charge in [0.1, 0.15) is 20.3 Å². The summed E-state index contributed by atoms with van der Waals surface area (Å²) in [5, 5.41) is 0. The summed E-state index contributed by atoms with van der Waals surface area (Å²) in [5.74, 6) is 6.64. The van der Waals surface area contributed by atoms with E-state index in [0.29, 0.717) is 12.3 Å². The minimum atomic E-state index is -0.172. The van der Waals surface area contributed by atoms with Crippen molar-refractivity contribution in [2.75, 3.05) is 0 Å². The van der Waals surface area contributed by atoms with Crippen molar-refractivity contribution in [2.24, 2.45) is 5.92 Å². The maximum Gasteiger partial charge on any atom is 0.118 e. The number of hydrogen-bond donors (Lipinski definition) is 0. The number of unbranched alkanes of at least 4 members (excludes halogenated alkanes) is 2. The van der Waals surface area contributed by atoms with Crippen molar-refractivity contribution in [1.29, 1.82) is 0 Å². The molecule has 0 aliphatic carbocycles. The molecule has 0 spiro atoms. The highest BCUT2D eigenvalue weighted by Crippen LogP contribution is 2.11. The van der Waals surface area contributed by atoms with Crippen LogP contribution in [0.15, 0.2) is 0 Å². The highest BCUT2D eigenvalue weighted by Gasteiger charge is 2.08. The molecule has 0 heterocycles. The molecule has 0 saturated heterocycles. The van der Waals surface area contributed by atoms with Gasteiger partial charge in [-0.2, -0.15) is 0 Å². The van der Waals surface area contributed by atoms with E-state index in [-0.39, 0.29) is 12.2 Å². The number of hydrogen-bond acceptors (Lipinski definition) is 2. The fraction of sp³-hybridized carbons (Fsp3) is 0.750. The zero-order chi connectivity index (χ0) is 13.8. The van der Waals surface area contributed by atoms with Gasteiger partial charge >= 0.3 is 0 Å². The third-order valence-electron chi connectivity index (χ3n) is 2.75. The Labute approximate surface area is 113 Å². The standard InChI is InChI=1S/C16H26O2/c1-6-7-8-10-15(17-4)11-9-12-16(18-5)13-14(2)3/h4-5,14-16H,6-8,10,12-13H2,1-3H3. The average molecular weight is 250 g/mol. The molecule has 0 fully saturated rings. The summed E-state index contributed by atoms with van der Waals surface area (Å²) in [5.41, 5.74) is 0. The Kier molecular flexibility index (Phi) is 11.2. The Morgan fingerprint density at radius 1 is 1.11 bits per heavy atom. The van der Waals surface area contributed by atoms with Gasteiger partial charge in [0.2, 0.25) is 0 Å². The molecule has 2 nitrogen and oxygen atoms in total. The Balaban J connectivity index is 4.01. The van der Waals surface area contributed by atoms with Crippen LogP contribution in [0.4, 0.5) is 0 Å². The molecule has 0 aliphatic rings. The van der Waals surface area contributed by atoms with Crippen LogP contribution in [-0.4, -0.2) is 12.2 Å². The molecule has 2 unspecified atom stereocenters. The molecule has 0 aromatic heterocycles. The summed E-state index contributed by atoms with van der Waals surface area (Å²) in [4.78, 5) is 0. The van der Waals surface area contributed by atoms with Gasteiger partial charge in [-0.1, -0.05) is 45.5 Å². The molecule has 2 atom stereocenters. The molecule has 0 amide bonds. The predicted molar refractivity (Wildman–Crippen MR) is 74.3 cm³/mol. The van der Waals surface area contributed by atoms with Gasteiger partial charge in [0, 0.05) is 6.42 Å². The van der Waals surface area contributed by atoms with Crippen molar-refractivity contribution in [1.82, 2.24) is 0 Å². The summed E-state index contributed by atoms with van der Waals surface area (Å²) in [6.07, 6.45) is 5.70. The van der Waals surface area contributed by atoms with Crippen LogP contribution >= 0.6 is 0 Å². The van der Waals surface area contributed by atoms with Crippen LogP contribution in [0.5, 0.6) is 0 Å². The molecule has 4 radical (unpaired) electrons. The molecule has 0 bridgehead atoms. The van der Waals surface area contributed by atoms with Crippen molar-refractivity contribution in [3.05, 3.63) is 14.2 Å². The highest BCUT2D eigenvalue weighted by molar-refractivity contribution is 5.06. The van der Waals surface area contributed by atoms with E-state index in [0.717, 1.165) is 19.3 Å². The minimum absolute atomic E-state index is 0.00781. The maximum atomic E-state index is 5.24. The fourth-order valence-electron chi connectivity index (χ4n) is 1.75. The largest absolute Gasteiger partial charge is 0.368 e. The second kappa shape index (κ2) is 11.6. The van der Waals surface area contributed by atoms with Crippen LogP contribution in [0.3, 0.4) is 0 Å². The molecule has 0 aromatic rings. The summed E-state index contributed by atoms with van der Waals surface area (Å²) in [6.45, 7) is 6.44. The van der Waals surface area contributed by atoms with Gasteiger partial charge in [0.15, 0.2) is 0 Å². The third-order valence-corrected chi connectivity index (χ3v) is 2.75. The average Bonchev–Trinajstić information content (AvgIpc) is 2.35. The third kappa shape index (κ3) is 9.50. The van der Waals surface area contributed by atoms with Crippen LogP contribution in [-0.2, 0) is 9.47 Å². The Hall–Kier alpha value is -0.520. The topological polar surface area (TPSA) is 18.5 Å². The number of ether oxygens (including phenoxy) is 2.